The third-order valence-electron chi connectivity index (χ3n) is 3.56. The van der Waals surface area contributed by atoms with Gasteiger partial charge in [0.05, 0.1) is 4.92 Å². The molecule has 1 N–H and O–H groups in total. The third-order valence-corrected chi connectivity index (χ3v) is 3.56. The number of amides is 1. The van der Waals surface area contributed by atoms with Gasteiger partial charge in [-0.05, 0) is 44.5 Å². The van der Waals surface area contributed by atoms with E-state index in [1.807, 2.05) is 19.1 Å². The fourth-order valence-electron chi connectivity index (χ4n) is 2.15. The van der Waals surface area contributed by atoms with Crippen LogP contribution in [0.1, 0.15) is 18.1 Å². The minimum atomic E-state index is -1.39. The molecule has 1 unspecified atom stereocenters. The van der Waals surface area contributed by atoms with E-state index < -0.39 is 22.7 Å². The van der Waals surface area contributed by atoms with E-state index in [-0.39, 0.29) is 11.4 Å². The summed E-state index contributed by atoms with van der Waals surface area (Å²) in [6.45, 7) is 4.83. The minimum absolute atomic E-state index is 0.0185. The van der Waals surface area contributed by atoms with Gasteiger partial charge in [0.15, 0.2) is 11.5 Å². The Kier molecular flexibility index (Phi) is 5.90. The number of nitrogens with zero attached hydrogens (tertiary/aromatic N) is 3. The first kappa shape index (κ1) is 18.9. The molecule has 0 aliphatic heterocycles. The standard InChI is InChI=1S/C18H18N4O4/c1-11-4-7-14(8-5-11)19-18(24)17(13(3)23)21-20-15-9-6-12(2)10-16(15)22(25)26/h4-10,17H,1-3H3,(H,19,24). The highest BCUT2D eigenvalue weighted by atomic mass is 16.6. The Labute approximate surface area is 150 Å². The molecule has 0 radical (unpaired) electrons. The summed E-state index contributed by atoms with van der Waals surface area (Å²) in [6, 6.07) is 10.0. The molecule has 0 aliphatic rings. The summed E-state index contributed by atoms with van der Waals surface area (Å²) < 4.78 is 0. The number of carbonyl (C=O) groups is 2. The van der Waals surface area contributed by atoms with Crippen LogP contribution in [0.5, 0.6) is 0 Å². The number of aryl methyl sites for hydroxylation is 2. The summed E-state index contributed by atoms with van der Waals surface area (Å²) in [5, 5.41) is 21.2. The van der Waals surface area contributed by atoms with E-state index in [4.69, 9.17) is 0 Å². The molecule has 0 heterocycles. The number of hydrogen-bond donors (Lipinski definition) is 1. The fraction of sp³-hybridized carbons (Fsp3) is 0.222. The first-order chi connectivity index (χ1) is 12.3. The van der Waals surface area contributed by atoms with Gasteiger partial charge >= 0.3 is 0 Å². The maximum Gasteiger partial charge on any atom is 0.296 e. The Morgan fingerprint density at radius 1 is 1.08 bits per heavy atom. The van der Waals surface area contributed by atoms with Crippen LogP contribution in [0.15, 0.2) is 52.7 Å². The Morgan fingerprint density at radius 2 is 1.69 bits per heavy atom. The highest BCUT2D eigenvalue weighted by molar-refractivity contribution is 6.10. The lowest BCUT2D eigenvalue weighted by Crippen LogP contribution is -2.31. The van der Waals surface area contributed by atoms with Crippen LogP contribution in [0.4, 0.5) is 17.1 Å². The first-order valence-corrected chi connectivity index (χ1v) is 7.82. The van der Waals surface area contributed by atoms with Crippen molar-refractivity contribution in [1.82, 2.24) is 0 Å². The molecule has 2 aromatic rings. The maximum absolute atomic E-state index is 12.3. The monoisotopic (exact) mass is 354 g/mol. The number of nitro groups is 1. The summed E-state index contributed by atoms with van der Waals surface area (Å²) in [7, 11) is 0. The third kappa shape index (κ3) is 4.79. The highest BCUT2D eigenvalue weighted by Crippen LogP contribution is 2.28. The lowest BCUT2D eigenvalue weighted by atomic mass is 10.2. The van der Waals surface area contributed by atoms with Gasteiger partial charge < -0.3 is 5.32 Å². The Balaban J connectivity index is 2.24. The number of rotatable bonds is 6. The van der Waals surface area contributed by atoms with Crippen molar-refractivity contribution < 1.29 is 14.5 Å². The van der Waals surface area contributed by atoms with Gasteiger partial charge in [-0.25, -0.2) is 0 Å². The molecule has 134 valence electrons. The topological polar surface area (TPSA) is 114 Å². The average molecular weight is 354 g/mol. The van der Waals surface area contributed by atoms with Crippen LogP contribution in [0.3, 0.4) is 0 Å². The van der Waals surface area contributed by atoms with Crippen molar-refractivity contribution in [3.8, 4) is 0 Å². The van der Waals surface area contributed by atoms with Crippen molar-refractivity contribution in [1.29, 1.82) is 0 Å². The van der Waals surface area contributed by atoms with Crippen LogP contribution < -0.4 is 5.32 Å². The lowest BCUT2D eigenvalue weighted by molar-refractivity contribution is -0.384. The maximum atomic E-state index is 12.3. The number of azo groups is 1. The van der Waals surface area contributed by atoms with Crippen molar-refractivity contribution >= 4 is 28.8 Å². The van der Waals surface area contributed by atoms with Crippen LogP contribution in [0, 0.1) is 24.0 Å². The van der Waals surface area contributed by atoms with Crippen molar-refractivity contribution in [3.05, 3.63) is 63.7 Å². The zero-order chi connectivity index (χ0) is 19.3. The minimum Gasteiger partial charge on any atom is -0.324 e. The molecule has 0 spiro atoms. The Bertz CT molecular complexity index is 875. The summed E-state index contributed by atoms with van der Waals surface area (Å²) >= 11 is 0. The van der Waals surface area contributed by atoms with Gasteiger partial charge in [0.25, 0.3) is 11.6 Å². The molecular formula is C18H18N4O4. The summed E-state index contributed by atoms with van der Waals surface area (Å²) in [5.41, 5.74) is 1.97. The number of hydrogen-bond acceptors (Lipinski definition) is 6. The van der Waals surface area contributed by atoms with Gasteiger partial charge in [0, 0.05) is 11.8 Å². The first-order valence-electron chi connectivity index (χ1n) is 7.82. The van der Waals surface area contributed by atoms with E-state index in [0.717, 1.165) is 5.56 Å². The van der Waals surface area contributed by atoms with Crippen molar-refractivity contribution in [2.24, 2.45) is 10.2 Å². The van der Waals surface area contributed by atoms with E-state index in [2.05, 4.69) is 15.5 Å². The number of anilines is 1. The molecule has 0 bridgehead atoms. The summed E-state index contributed by atoms with van der Waals surface area (Å²) in [4.78, 5) is 34.6. The zero-order valence-electron chi connectivity index (χ0n) is 14.6. The Hall–Kier alpha value is -3.42. The molecule has 8 nitrogen and oxygen atoms in total. The SMILES string of the molecule is CC(=O)C(N=Nc1ccc(C)cc1[N+](=O)[O-])C(=O)Nc1ccc(C)cc1. The van der Waals surface area contributed by atoms with E-state index in [1.54, 1.807) is 25.1 Å². The molecule has 2 rings (SSSR count). The molecule has 0 fully saturated rings. The van der Waals surface area contributed by atoms with Crippen molar-refractivity contribution in [3.63, 3.8) is 0 Å². The van der Waals surface area contributed by atoms with Crippen LogP contribution in [-0.4, -0.2) is 22.7 Å². The molecule has 0 saturated heterocycles. The van der Waals surface area contributed by atoms with Gasteiger partial charge in [-0.15, -0.1) is 5.11 Å². The van der Waals surface area contributed by atoms with Crippen molar-refractivity contribution in [2.45, 2.75) is 26.8 Å². The molecule has 1 atom stereocenters. The molecular weight excluding hydrogens is 336 g/mol. The van der Waals surface area contributed by atoms with Gasteiger partial charge in [-0.3, -0.25) is 19.7 Å². The molecule has 1 amide bonds. The number of ketones is 1. The molecule has 2 aromatic carbocycles. The second kappa shape index (κ2) is 8.11. The van der Waals surface area contributed by atoms with Gasteiger partial charge in [-0.1, -0.05) is 23.8 Å². The van der Waals surface area contributed by atoms with Crippen LogP contribution >= 0.6 is 0 Å². The quantitative estimate of drug-likeness (QED) is 0.367. The highest BCUT2D eigenvalue weighted by Gasteiger charge is 2.24. The van der Waals surface area contributed by atoms with Crippen LogP contribution in [0.25, 0.3) is 0 Å². The lowest BCUT2D eigenvalue weighted by Gasteiger charge is -2.09. The predicted molar refractivity (Wildman–Crippen MR) is 96.6 cm³/mol. The Morgan fingerprint density at radius 3 is 2.27 bits per heavy atom. The zero-order valence-corrected chi connectivity index (χ0v) is 14.6. The van der Waals surface area contributed by atoms with Crippen LogP contribution in [0.2, 0.25) is 0 Å². The number of Topliss-reactive ketones (excluding diaryl/α,β-unsaturated/α-hetero) is 1. The smallest absolute Gasteiger partial charge is 0.296 e. The molecule has 26 heavy (non-hydrogen) atoms. The average Bonchev–Trinajstić information content (AvgIpc) is 2.57. The number of nitrogens with one attached hydrogen (secondary N) is 1. The summed E-state index contributed by atoms with van der Waals surface area (Å²) in [5.74, 6) is -1.17. The van der Waals surface area contributed by atoms with E-state index in [9.17, 15) is 19.7 Å². The number of nitro benzene ring substituents is 1. The van der Waals surface area contributed by atoms with Gasteiger partial charge in [0.1, 0.15) is 0 Å². The molecule has 8 heteroatoms. The van der Waals surface area contributed by atoms with Gasteiger partial charge in [0.2, 0.25) is 6.04 Å². The molecule has 0 saturated carbocycles. The second-order valence-electron chi connectivity index (χ2n) is 5.83. The van der Waals surface area contributed by atoms with E-state index in [1.165, 1.54) is 19.1 Å². The van der Waals surface area contributed by atoms with Crippen molar-refractivity contribution in [2.75, 3.05) is 5.32 Å². The molecule has 0 aliphatic carbocycles. The van der Waals surface area contributed by atoms with Crippen LogP contribution in [-0.2, 0) is 9.59 Å². The number of benzene rings is 2. The normalized spacial score (nSPS) is 12.0. The van der Waals surface area contributed by atoms with Gasteiger partial charge in [-0.2, -0.15) is 5.11 Å². The van der Waals surface area contributed by atoms with E-state index >= 15 is 0 Å². The molecule has 0 aromatic heterocycles. The summed E-state index contributed by atoms with van der Waals surface area (Å²) in [6.07, 6.45) is 0. The predicted octanol–water partition coefficient (Wildman–Crippen LogP) is 3.89. The largest absolute Gasteiger partial charge is 0.324 e. The second-order valence-corrected chi connectivity index (χ2v) is 5.83. The fourth-order valence-corrected chi connectivity index (χ4v) is 2.15. The van der Waals surface area contributed by atoms with E-state index in [0.29, 0.717) is 11.3 Å². The number of carbonyl (C=O) groups excluding carboxylic acids is 2.